The van der Waals surface area contributed by atoms with Crippen LogP contribution in [-0.2, 0) is 14.3 Å². The van der Waals surface area contributed by atoms with Crippen molar-refractivity contribution in [3.8, 4) is 0 Å². The van der Waals surface area contributed by atoms with E-state index < -0.39 is 54.5 Å². The molecule has 0 bridgehead atoms. The van der Waals surface area contributed by atoms with Crippen LogP contribution in [-0.4, -0.2) is 50.1 Å². The highest BCUT2D eigenvalue weighted by Gasteiger charge is 2.84. The third-order valence-electron chi connectivity index (χ3n) is 2.72. The van der Waals surface area contributed by atoms with Crippen LogP contribution in [0.1, 0.15) is 0 Å². The van der Waals surface area contributed by atoms with E-state index in [1.54, 1.807) is 0 Å². The molecule has 0 aromatic heterocycles. The predicted octanol–water partition coefficient (Wildman–Crippen LogP) is 4.09. The van der Waals surface area contributed by atoms with Gasteiger partial charge in [0.15, 0.2) is 0 Å². The highest BCUT2D eigenvalue weighted by atomic mass is 19.4. The van der Waals surface area contributed by atoms with Crippen molar-refractivity contribution in [1.29, 1.82) is 0 Å². The van der Waals surface area contributed by atoms with Crippen LogP contribution in [0.2, 0.25) is 0 Å². The molecule has 148 valence electrons. The van der Waals surface area contributed by atoms with Crippen molar-refractivity contribution in [2.75, 3.05) is 14.2 Å². The molecule has 1 unspecified atom stereocenters. The van der Waals surface area contributed by atoms with Gasteiger partial charge in [0.05, 0.1) is 7.11 Å². The first kappa shape index (κ1) is 23.3. The summed E-state index contributed by atoms with van der Waals surface area (Å²) in [6.07, 6.45) is -20.7. The van der Waals surface area contributed by atoms with Gasteiger partial charge in [-0.2, -0.15) is 52.7 Å². The summed E-state index contributed by atoms with van der Waals surface area (Å²) in [6.45, 7) is 0. The van der Waals surface area contributed by atoms with Gasteiger partial charge >= 0.3 is 24.5 Å². The van der Waals surface area contributed by atoms with Crippen LogP contribution in [0.4, 0.5) is 52.7 Å². The minimum absolute atomic E-state index is 0.0124. The number of ether oxygens (including phenoxy) is 2. The Bertz CT molecular complexity index is 541. The highest BCUT2D eigenvalue weighted by Crippen LogP contribution is 2.57. The van der Waals surface area contributed by atoms with E-state index in [9.17, 15) is 57.5 Å². The third kappa shape index (κ3) is 3.64. The Labute approximate surface area is 130 Å². The SMILES string of the molecule is CO/C(F)=C(\C(=O)C(F)(F)F)C(OC)(C(F)(F)F)C(F)(F)C(F)(F)F. The van der Waals surface area contributed by atoms with E-state index in [0.29, 0.717) is 0 Å². The Hall–Kier alpha value is -1.67. The maximum atomic E-state index is 13.5. The van der Waals surface area contributed by atoms with Crippen LogP contribution in [0.5, 0.6) is 0 Å². The second kappa shape index (κ2) is 6.57. The molecule has 25 heavy (non-hydrogen) atoms. The maximum Gasteiger partial charge on any atom is 0.457 e. The van der Waals surface area contributed by atoms with E-state index in [2.05, 4.69) is 9.47 Å². The summed E-state index contributed by atoms with van der Waals surface area (Å²) in [5.74, 6) is -11.2. The first-order valence-electron chi connectivity index (χ1n) is 5.45. The summed E-state index contributed by atoms with van der Waals surface area (Å²) >= 11 is 0. The summed E-state index contributed by atoms with van der Waals surface area (Å²) in [6, 6.07) is -3.29. The number of halogens is 12. The molecular formula is C10H6F12O3. The van der Waals surface area contributed by atoms with E-state index in [0.717, 1.165) is 0 Å². The molecule has 0 rings (SSSR count). The van der Waals surface area contributed by atoms with Gasteiger partial charge < -0.3 is 9.47 Å². The Morgan fingerprint density at radius 3 is 1.36 bits per heavy atom. The Kier molecular flexibility index (Phi) is 6.13. The second-order valence-corrected chi connectivity index (χ2v) is 4.13. The maximum absolute atomic E-state index is 13.5. The first-order chi connectivity index (χ1) is 10.8. The summed E-state index contributed by atoms with van der Waals surface area (Å²) in [7, 11) is -0.527. The van der Waals surface area contributed by atoms with Crippen molar-refractivity contribution in [2.24, 2.45) is 0 Å². The quantitative estimate of drug-likeness (QED) is 0.395. The fraction of sp³-hybridized carbons (Fsp3) is 0.700. The van der Waals surface area contributed by atoms with Gasteiger partial charge in [-0.05, 0) is 0 Å². The van der Waals surface area contributed by atoms with E-state index in [1.165, 1.54) is 0 Å². The van der Waals surface area contributed by atoms with Crippen molar-refractivity contribution >= 4 is 5.78 Å². The second-order valence-electron chi connectivity index (χ2n) is 4.13. The van der Waals surface area contributed by atoms with E-state index in [1.807, 2.05) is 0 Å². The lowest BCUT2D eigenvalue weighted by molar-refractivity contribution is -0.395. The number of alkyl halides is 11. The molecule has 0 aromatic carbocycles. The monoisotopic (exact) mass is 402 g/mol. The lowest BCUT2D eigenvalue weighted by atomic mass is 9.82. The van der Waals surface area contributed by atoms with Gasteiger partial charge in [0.25, 0.3) is 17.4 Å². The molecule has 0 aromatic rings. The largest absolute Gasteiger partial charge is 0.474 e. The summed E-state index contributed by atoms with van der Waals surface area (Å²) in [5, 5.41) is 0. The molecule has 1 atom stereocenters. The van der Waals surface area contributed by atoms with Crippen LogP contribution in [0, 0.1) is 0 Å². The van der Waals surface area contributed by atoms with Crippen molar-refractivity contribution in [2.45, 2.75) is 30.1 Å². The predicted molar refractivity (Wildman–Crippen MR) is 53.0 cm³/mol. The number of carbonyl (C=O) groups is 1. The first-order valence-corrected chi connectivity index (χ1v) is 5.45. The minimum Gasteiger partial charge on any atom is -0.474 e. The Balaban J connectivity index is 7.27. The van der Waals surface area contributed by atoms with Crippen LogP contribution in [0.25, 0.3) is 0 Å². The van der Waals surface area contributed by atoms with Crippen molar-refractivity contribution < 1.29 is 67.0 Å². The molecule has 0 fully saturated rings. The van der Waals surface area contributed by atoms with Gasteiger partial charge in [-0.25, -0.2) is 0 Å². The molecule has 0 spiro atoms. The number of Topliss-reactive ketones (excluding diaryl/α,β-unsaturated/α-hetero) is 1. The van der Waals surface area contributed by atoms with Gasteiger partial charge in [0.1, 0.15) is 5.57 Å². The van der Waals surface area contributed by atoms with Gasteiger partial charge in [-0.1, -0.05) is 0 Å². The number of methoxy groups -OCH3 is 2. The number of ketones is 1. The van der Waals surface area contributed by atoms with E-state index in [-0.39, 0.29) is 7.11 Å². The summed E-state index contributed by atoms with van der Waals surface area (Å²) in [5.41, 5.74) is -10.1. The molecule has 0 aliphatic heterocycles. The minimum atomic E-state index is -7.21. The molecule has 0 radical (unpaired) electrons. The van der Waals surface area contributed by atoms with Gasteiger partial charge in [0, 0.05) is 7.11 Å². The van der Waals surface area contributed by atoms with Gasteiger partial charge in [0.2, 0.25) is 0 Å². The lowest BCUT2D eigenvalue weighted by Gasteiger charge is -2.41. The van der Waals surface area contributed by atoms with E-state index in [4.69, 9.17) is 0 Å². The lowest BCUT2D eigenvalue weighted by Crippen LogP contribution is -2.68. The molecule has 15 heteroatoms. The Morgan fingerprint density at radius 1 is 0.760 bits per heavy atom. The zero-order valence-electron chi connectivity index (χ0n) is 11.8. The van der Waals surface area contributed by atoms with Crippen molar-refractivity contribution in [3.05, 3.63) is 11.6 Å². The van der Waals surface area contributed by atoms with Crippen LogP contribution in [0.15, 0.2) is 11.6 Å². The average Bonchev–Trinajstić information content (AvgIpc) is 2.38. The number of hydrogen-bond acceptors (Lipinski definition) is 3. The molecule has 0 saturated heterocycles. The van der Waals surface area contributed by atoms with Crippen molar-refractivity contribution in [1.82, 2.24) is 0 Å². The fourth-order valence-corrected chi connectivity index (χ4v) is 1.65. The normalized spacial score (nSPS) is 17.7. The van der Waals surface area contributed by atoms with Gasteiger partial charge in [-0.15, -0.1) is 0 Å². The smallest absolute Gasteiger partial charge is 0.457 e. The molecule has 0 saturated carbocycles. The molecule has 0 N–H and O–H groups in total. The number of carbonyl (C=O) groups excluding carboxylic acids is 1. The topological polar surface area (TPSA) is 35.5 Å². The van der Waals surface area contributed by atoms with Crippen LogP contribution in [0.3, 0.4) is 0 Å². The third-order valence-corrected chi connectivity index (χ3v) is 2.72. The molecule has 3 nitrogen and oxygen atoms in total. The van der Waals surface area contributed by atoms with Crippen LogP contribution >= 0.6 is 0 Å². The zero-order valence-corrected chi connectivity index (χ0v) is 11.8. The van der Waals surface area contributed by atoms with Gasteiger partial charge in [-0.3, -0.25) is 4.79 Å². The summed E-state index contributed by atoms with van der Waals surface area (Å²) in [4.78, 5) is 11.0. The average molecular weight is 402 g/mol. The zero-order chi connectivity index (χ0) is 20.6. The van der Waals surface area contributed by atoms with Crippen LogP contribution < -0.4 is 0 Å². The molecule has 0 heterocycles. The molecule has 0 aliphatic rings. The highest BCUT2D eigenvalue weighted by molar-refractivity contribution is 6.02. The Morgan fingerprint density at radius 2 is 1.16 bits per heavy atom. The molecular weight excluding hydrogens is 396 g/mol. The summed E-state index contributed by atoms with van der Waals surface area (Å²) < 4.78 is 160. The number of hydrogen-bond donors (Lipinski definition) is 0. The van der Waals surface area contributed by atoms with E-state index >= 15 is 0 Å². The fourth-order valence-electron chi connectivity index (χ4n) is 1.65. The molecule has 0 aliphatic carbocycles. The number of rotatable bonds is 5. The van der Waals surface area contributed by atoms with Crippen molar-refractivity contribution in [3.63, 3.8) is 0 Å². The standard InChI is InChI=1S/C10H6F12O3/c1-24-5(11)3(4(23)7(12,13)14)6(25-2,9(17,18)19)8(15,16)10(20,21)22/h1-2H3/b5-3+. The molecule has 0 amide bonds.